The molecule has 3 nitrogen and oxygen atoms in total. The average molecular weight is 260 g/mol. The third-order valence-electron chi connectivity index (χ3n) is 3.83. The van der Waals surface area contributed by atoms with E-state index < -0.39 is 0 Å². The Balaban J connectivity index is 1.76. The molecule has 0 spiro atoms. The summed E-state index contributed by atoms with van der Waals surface area (Å²) in [6.07, 6.45) is 4.77. The van der Waals surface area contributed by atoms with Crippen molar-refractivity contribution in [2.75, 3.05) is 6.54 Å². The summed E-state index contributed by atoms with van der Waals surface area (Å²) in [4.78, 5) is 11.8. The first-order valence-corrected chi connectivity index (χ1v) is 7.24. The molecule has 1 aromatic rings. The minimum atomic E-state index is 0.117. The Bertz CT molecular complexity index is 425. The molecule has 0 bridgehead atoms. The van der Waals surface area contributed by atoms with Crippen LogP contribution in [0.25, 0.3) is 0 Å². The SMILES string of the molecule is Cc1cccc([C@@H](C)NCC(=O)NC2CCCC2)c1. The standard InChI is InChI=1S/C16H24N2O/c1-12-6-5-7-14(10-12)13(2)17-11-16(19)18-15-8-3-4-9-15/h5-7,10,13,15,17H,3-4,8-9,11H2,1-2H3,(H,18,19)/t13-/m1/s1. The molecule has 1 fully saturated rings. The lowest BCUT2D eigenvalue weighted by molar-refractivity contribution is -0.121. The summed E-state index contributed by atoms with van der Waals surface area (Å²) in [6.45, 7) is 4.58. The molecule has 2 N–H and O–H groups in total. The molecule has 1 atom stereocenters. The zero-order chi connectivity index (χ0) is 13.7. The number of amides is 1. The monoisotopic (exact) mass is 260 g/mol. The van der Waals surface area contributed by atoms with E-state index in [1.807, 2.05) is 0 Å². The maximum absolute atomic E-state index is 11.8. The van der Waals surface area contributed by atoms with E-state index in [9.17, 15) is 4.79 Å². The van der Waals surface area contributed by atoms with Crippen LogP contribution in [0.15, 0.2) is 24.3 Å². The van der Waals surface area contributed by atoms with Gasteiger partial charge in [0, 0.05) is 12.1 Å². The van der Waals surface area contributed by atoms with Gasteiger partial charge in [0.05, 0.1) is 6.54 Å². The van der Waals surface area contributed by atoms with E-state index in [1.54, 1.807) is 0 Å². The van der Waals surface area contributed by atoms with Crippen molar-refractivity contribution in [3.05, 3.63) is 35.4 Å². The summed E-state index contributed by atoms with van der Waals surface area (Å²) in [5.41, 5.74) is 2.48. The molecule has 0 heterocycles. The van der Waals surface area contributed by atoms with Gasteiger partial charge in [-0.3, -0.25) is 4.79 Å². The lowest BCUT2D eigenvalue weighted by Gasteiger charge is -2.16. The second-order valence-corrected chi connectivity index (χ2v) is 5.57. The zero-order valence-corrected chi connectivity index (χ0v) is 11.9. The highest BCUT2D eigenvalue weighted by Gasteiger charge is 2.17. The van der Waals surface area contributed by atoms with Crippen molar-refractivity contribution >= 4 is 5.91 Å². The number of carbonyl (C=O) groups excluding carboxylic acids is 1. The van der Waals surface area contributed by atoms with Crippen molar-refractivity contribution in [3.8, 4) is 0 Å². The zero-order valence-electron chi connectivity index (χ0n) is 11.9. The Morgan fingerprint density at radius 2 is 2.11 bits per heavy atom. The van der Waals surface area contributed by atoms with Crippen LogP contribution in [0.5, 0.6) is 0 Å². The van der Waals surface area contributed by atoms with E-state index in [1.165, 1.54) is 24.0 Å². The van der Waals surface area contributed by atoms with Crippen LogP contribution in [0.1, 0.15) is 49.8 Å². The van der Waals surface area contributed by atoms with Gasteiger partial charge in [0.25, 0.3) is 0 Å². The van der Waals surface area contributed by atoms with Crippen molar-refractivity contribution in [3.63, 3.8) is 0 Å². The summed E-state index contributed by atoms with van der Waals surface area (Å²) >= 11 is 0. The predicted octanol–water partition coefficient (Wildman–Crippen LogP) is 2.70. The maximum atomic E-state index is 11.8. The van der Waals surface area contributed by atoms with Gasteiger partial charge in [-0.15, -0.1) is 0 Å². The molecule has 1 saturated carbocycles. The Morgan fingerprint density at radius 1 is 1.37 bits per heavy atom. The highest BCUT2D eigenvalue weighted by atomic mass is 16.1. The Labute approximate surface area is 115 Å². The van der Waals surface area contributed by atoms with Gasteiger partial charge >= 0.3 is 0 Å². The molecule has 0 unspecified atom stereocenters. The van der Waals surface area contributed by atoms with E-state index in [0.717, 1.165) is 12.8 Å². The van der Waals surface area contributed by atoms with Crippen molar-refractivity contribution in [1.29, 1.82) is 0 Å². The lowest BCUT2D eigenvalue weighted by atomic mass is 10.1. The Kier molecular flexibility index (Phi) is 4.97. The van der Waals surface area contributed by atoms with Crippen molar-refractivity contribution in [2.24, 2.45) is 0 Å². The summed E-state index contributed by atoms with van der Waals surface area (Å²) < 4.78 is 0. The number of aryl methyl sites for hydroxylation is 1. The van der Waals surface area contributed by atoms with Crippen LogP contribution >= 0.6 is 0 Å². The number of benzene rings is 1. The summed E-state index contributed by atoms with van der Waals surface area (Å²) in [6, 6.07) is 9.01. The van der Waals surface area contributed by atoms with Crippen LogP contribution in [-0.2, 0) is 4.79 Å². The number of hydrogen-bond donors (Lipinski definition) is 2. The first kappa shape index (κ1) is 14.1. The molecule has 1 aliphatic carbocycles. The van der Waals surface area contributed by atoms with Gasteiger partial charge in [-0.05, 0) is 32.3 Å². The lowest BCUT2D eigenvalue weighted by Crippen LogP contribution is -2.39. The Morgan fingerprint density at radius 3 is 2.79 bits per heavy atom. The van der Waals surface area contributed by atoms with E-state index in [2.05, 4.69) is 48.7 Å². The fourth-order valence-corrected chi connectivity index (χ4v) is 2.65. The third-order valence-corrected chi connectivity index (χ3v) is 3.83. The summed E-state index contributed by atoms with van der Waals surface area (Å²) in [5, 5.41) is 6.38. The van der Waals surface area contributed by atoms with Gasteiger partial charge in [-0.2, -0.15) is 0 Å². The number of hydrogen-bond acceptors (Lipinski definition) is 2. The van der Waals surface area contributed by atoms with E-state index in [0.29, 0.717) is 12.6 Å². The average Bonchev–Trinajstić information content (AvgIpc) is 2.88. The van der Waals surface area contributed by atoms with Crippen LogP contribution in [0.2, 0.25) is 0 Å². The molecule has 104 valence electrons. The fourth-order valence-electron chi connectivity index (χ4n) is 2.65. The van der Waals surface area contributed by atoms with Gasteiger partial charge in [0.15, 0.2) is 0 Å². The van der Waals surface area contributed by atoms with Gasteiger partial charge in [0.1, 0.15) is 0 Å². The van der Waals surface area contributed by atoms with E-state index >= 15 is 0 Å². The van der Waals surface area contributed by atoms with Crippen LogP contribution in [-0.4, -0.2) is 18.5 Å². The first-order valence-electron chi connectivity index (χ1n) is 7.24. The van der Waals surface area contributed by atoms with Gasteiger partial charge in [-0.1, -0.05) is 42.7 Å². The number of carbonyl (C=O) groups is 1. The highest BCUT2D eigenvalue weighted by Crippen LogP contribution is 2.17. The first-order chi connectivity index (χ1) is 9.15. The second kappa shape index (κ2) is 6.71. The molecule has 19 heavy (non-hydrogen) atoms. The van der Waals surface area contributed by atoms with Crippen molar-refractivity contribution in [2.45, 2.75) is 51.6 Å². The van der Waals surface area contributed by atoms with Crippen LogP contribution in [0.4, 0.5) is 0 Å². The van der Waals surface area contributed by atoms with Gasteiger partial charge in [-0.25, -0.2) is 0 Å². The van der Waals surface area contributed by atoms with Crippen LogP contribution in [0.3, 0.4) is 0 Å². The molecule has 2 rings (SSSR count). The van der Waals surface area contributed by atoms with Gasteiger partial charge < -0.3 is 10.6 Å². The molecule has 1 aliphatic rings. The smallest absolute Gasteiger partial charge is 0.234 e. The molecule has 0 radical (unpaired) electrons. The largest absolute Gasteiger partial charge is 0.352 e. The van der Waals surface area contributed by atoms with Crippen molar-refractivity contribution in [1.82, 2.24) is 10.6 Å². The van der Waals surface area contributed by atoms with Crippen molar-refractivity contribution < 1.29 is 4.79 Å². The van der Waals surface area contributed by atoms with Crippen LogP contribution < -0.4 is 10.6 Å². The minimum absolute atomic E-state index is 0.117. The maximum Gasteiger partial charge on any atom is 0.234 e. The molecule has 3 heteroatoms. The van der Waals surface area contributed by atoms with Gasteiger partial charge in [0.2, 0.25) is 5.91 Å². The predicted molar refractivity (Wildman–Crippen MR) is 78.0 cm³/mol. The van der Waals surface area contributed by atoms with E-state index in [4.69, 9.17) is 0 Å². The molecular weight excluding hydrogens is 236 g/mol. The van der Waals surface area contributed by atoms with E-state index in [-0.39, 0.29) is 11.9 Å². The second-order valence-electron chi connectivity index (χ2n) is 5.57. The number of rotatable bonds is 5. The molecule has 0 saturated heterocycles. The van der Waals surface area contributed by atoms with Crippen LogP contribution in [0, 0.1) is 6.92 Å². The topological polar surface area (TPSA) is 41.1 Å². The molecule has 1 amide bonds. The molecule has 0 aromatic heterocycles. The summed E-state index contributed by atoms with van der Waals surface area (Å²) in [5.74, 6) is 0.117. The third kappa shape index (κ3) is 4.35. The summed E-state index contributed by atoms with van der Waals surface area (Å²) in [7, 11) is 0. The quantitative estimate of drug-likeness (QED) is 0.854. The Hall–Kier alpha value is -1.35. The molecular formula is C16H24N2O. The number of nitrogens with one attached hydrogen (secondary N) is 2. The highest BCUT2D eigenvalue weighted by molar-refractivity contribution is 5.78. The molecule has 1 aromatic carbocycles. The fraction of sp³-hybridized carbons (Fsp3) is 0.562. The minimum Gasteiger partial charge on any atom is -0.352 e. The normalized spacial score (nSPS) is 17.4. The molecule has 0 aliphatic heterocycles.